The molecular weight excluding hydrogens is 352 g/mol. The number of carbonyl (C=O) groups is 1. The molecule has 2 aromatic rings. The third-order valence-corrected chi connectivity index (χ3v) is 6.48. The zero-order valence-electron chi connectivity index (χ0n) is 17.3. The molecule has 152 valence electrons. The molecule has 1 N–H and O–H groups in total. The third kappa shape index (κ3) is 3.89. The van der Waals surface area contributed by atoms with E-state index in [9.17, 15) is 4.79 Å². The Balaban J connectivity index is 1.43. The molecule has 2 saturated heterocycles. The first kappa shape index (κ1) is 19.3. The van der Waals surface area contributed by atoms with E-state index in [2.05, 4.69) is 22.2 Å². The highest BCUT2D eigenvalue weighted by molar-refractivity contribution is 5.99. The van der Waals surface area contributed by atoms with E-state index in [1.54, 1.807) is 7.11 Å². The van der Waals surface area contributed by atoms with Crippen LogP contribution in [0.2, 0.25) is 0 Å². The number of benzene rings is 1. The van der Waals surface area contributed by atoms with Crippen LogP contribution in [0.5, 0.6) is 5.75 Å². The second-order valence-corrected chi connectivity index (χ2v) is 8.36. The van der Waals surface area contributed by atoms with Crippen LogP contribution in [0, 0.1) is 0 Å². The van der Waals surface area contributed by atoms with Gasteiger partial charge in [0.05, 0.1) is 12.6 Å². The van der Waals surface area contributed by atoms with Gasteiger partial charge in [0.2, 0.25) is 0 Å². The number of nitrogens with one attached hydrogen (secondary N) is 1. The van der Waals surface area contributed by atoms with E-state index in [1.165, 1.54) is 25.9 Å². The lowest BCUT2D eigenvalue weighted by Crippen LogP contribution is -2.53. The van der Waals surface area contributed by atoms with Crippen LogP contribution in [0.4, 0.5) is 0 Å². The number of amides is 1. The predicted octanol–water partition coefficient (Wildman–Crippen LogP) is 2.48. The fraction of sp³-hybridized carbons (Fsp3) is 0.591. The highest BCUT2D eigenvalue weighted by atomic mass is 16.5. The number of carbonyl (C=O) groups excluding carboxylic acids is 1. The molecule has 1 aromatic heterocycles. The molecule has 2 fully saturated rings. The van der Waals surface area contributed by atoms with Crippen molar-refractivity contribution in [1.29, 1.82) is 0 Å². The number of hydrogen-bond donors (Lipinski definition) is 1. The molecule has 0 radical (unpaired) electrons. The molecule has 2 aliphatic heterocycles. The molecule has 1 amide bonds. The van der Waals surface area contributed by atoms with Crippen molar-refractivity contribution in [2.45, 2.75) is 37.8 Å². The number of hydrogen-bond acceptors (Lipinski definition) is 4. The van der Waals surface area contributed by atoms with Gasteiger partial charge in [0.1, 0.15) is 11.4 Å². The van der Waals surface area contributed by atoms with Crippen LogP contribution in [0.3, 0.4) is 0 Å². The summed E-state index contributed by atoms with van der Waals surface area (Å²) in [6, 6.07) is 8.79. The number of methoxy groups -OCH3 is 1. The maximum Gasteiger partial charge on any atom is 0.268 e. The van der Waals surface area contributed by atoms with E-state index >= 15 is 0 Å². The van der Waals surface area contributed by atoms with Crippen LogP contribution in [0.25, 0.3) is 10.9 Å². The first-order valence-electron chi connectivity index (χ1n) is 10.4. The lowest BCUT2D eigenvalue weighted by atomic mass is 9.98. The lowest BCUT2D eigenvalue weighted by Gasteiger charge is -2.41. The van der Waals surface area contributed by atoms with Crippen molar-refractivity contribution >= 4 is 16.8 Å². The van der Waals surface area contributed by atoms with Crippen LogP contribution in [-0.4, -0.2) is 72.7 Å². The van der Waals surface area contributed by atoms with Gasteiger partial charge >= 0.3 is 0 Å². The van der Waals surface area contributed by atoms with Crippen molar-refractivity contribution < 1.29 is 9.53 Å². The van der Waals surface area contributed by atoms with E-state index in [0.29, 0.717) is 11.7 Å². The summed E-state index contributed by atoms with van der Waals surface area (Å²) < 4.78 is 7.29. The molecule has 28 heavy (non-hydrogen) atoms. The molecule has 6 nitrogen and oxygen atoms in total. The molecule has 0 aliphatic carbocycles. The Hall–Kier alpha value is -2.05. The van der Waals surface area contributed by atoms with Crippen LogP contribution < -0.4 is 10.1 Å². The summed E-state index contributed by atoms with van der Waals surface area (Å²) in [7, 11) is 5.81. The second kappa shape index (κ2) is 8.13. The minimum Gasteiger partial charge on any atom is -0.497 e. The Morgan fingerprint density at radius 1 is 1.11 bits per heavy atom. The number of rotatable bonds is 4. The summed E-state index contributed by atoms with van der Waals surface area (Å²) in [5.41, 5.74) is 1.72. The van der Waals surface area contributed by atoms with E-state index in [1.807, 2.05) is 35.9 Å². The van der Waals surface area contributed by atoms with Crippen molar-refractivity contribution in [3.8, 4) is 5.75 Å². The number of nitrogens with zero attached hydrogens (tertiary/aromatic N) is 3. The van der Waals surface area contributed by atoms with Gasteiger partial charge in [-0.25, -0.2) is 0 Å². The van der Waals surface area contributed by atoms with Gasteiger partial charge in [-0.3, -0.25) is 9.69 Å². The summed E-state index contributed by atoms with van der Waals surface area (Å²) in [5, 5.41) is 4.36. The summed E-state index contributed by atoms with van der Waals surface area (Å²) in [5.74, 6) is 0.828. The molecule has 0 spiro atoms. The fourth-order valence-corrected chi connectivity index (χ4v) is 4.73. The number of ether oxygens (including phenoxy) is 1. The maximum atomic E-state index is 13.0. The van der Waals surface area contributed by atoms with Crippen molar-refractivity contribution in [3.63, 3.8) is 0 Å². The average molecular weight is 385 g/mol. The van der Waals surface area contributed by atoms with E-state index in [-0.39, 0.29) is 11.9 Å². The number of aryl methyl sites for hydroxylation is 1. The smallest absolute Gasteiger partial charge is 0.268 e. The molecular formula is C22H32N4O2. The molecule has 0 bridgehead atoms. The summed E-state index contributed by atoms with van der Waals surface area (Å²) in [4.78, 5) is 18.0. The first-order valence-corrected chi connectivity index (χ1v) is 10.4. The zero-order chi connectivity index (χ0) is 19.7. The van der Waals surface area contributed by atoms with Gasteiger partial charge in [-0.05, 0) is 70.6 Å². The normalized spacial score (nSPS) is 22.5. The van der Waals surface area contributed by atoms with Crippen LogP contribution in [0.15, 0.2) is 24.3 Å². The third-order valence-electron chi connectivity index (χ3n) is 6.48. The van der Waals surface area contributed by atoms with Gasteiger partial charge in [0.25, 0.3) is 5.91 Å². The highest BCUT2D eigenvalue weighted by Crippen LogP contribution is 2.25. The molecule has 0 unspecified atom stereocenters. The zero-order valence-corrected chi connectivity index (χ0v) is 17.3. The molecule has 3 heterocycles. The number of piperidine rings is 2. The van der Waals surface area contributed by atoms with Crippen LogP contribution in [-0.2, 0) is 7.05 Å². The van der Waals surface area contributed by atoms with Gasteiger partial charge in [0, 0.05) is 37.1 Å². The standard InChI is InChI=1S/C22H32N4O2/c1-24-11-8-18(9-12-24)26-10-4-5-17(15-26)23-22(27)21-13-16-6-7-19(28-3)14-20(16)25(21)2/h6-7,13-14,17-18H,4-5,8-12,15H2,1-3H3,(H,23,27)/t17-/m1/s1. The monoisotopic (exact) mass is 384 g/mol. The van der Waals surface area contributed by atoms with Crippen molar-refractivity contribution in [2.75, 3.05) is 40.3 Å². The summed E-state index contributed by atoms with van der Waals surface area (Å²) >= 11 is 0. The Labute approximate surface area is 167 Å². The largest absolute Gasteiger partial charge is 0.497 e. The summed E-state index contributed by atoms with van der Waals surface area (Å²) in [6.45, 7) is 4.49. The Morgan fingerprint density at radius 2 is 1.89 bits per heavy atom. The number of likely N-dealkylation sites (tertiary alicyclic amines) is 2. The van der Waals surface area contributed by atoms with Crippen molar-refractivity contribution in [2.24, 2.45) is 7.05 Å². The van der Waals surface area contributed by atoms with Gasteiger partial charge in [-0.2, -0.15) is 0 Å². The summed E-state index contributed by atoms with van der Waals surface area (Å²) in [6.07, 6.45) is 4.70. The van der Waals surface area contributed by atoms with Gasteiger partial charge in [-0.15, -0.1) is 0 Å². The molecule has 1 atom stereocenters. The van der Waals surface area contributed by atoms with Crippen molar-refractivity contribution in [3.05, 3.63) is 30.0 Å². The van der Waals surface area contributed by atoms with Gasteiger partial charge < -0.3 is 19.5 Å². The molecule has 1 aromatic carbocycles. The molecule has 6 heteroatoms. The molecule has 2 aliphatic rings. The number of fused-ring (bicyclic) bond motifs is 1. The quantitative estimate of drug-likeness (QED) is 0.880. The van der Waals surface area contributed by atoms with Crippen LogP contribution in [0.1, 0.15) is 36.2 Å². The van der Waals surface area contributed by atoms with Crippen LogP contribution >= 0.6 is 0 Å². The fourth-order valence-electron chi connectivity index (χ4n) is 4.73. The van der Waals surface area contributed by atoms with Crippen molar-refractivity contribution in [1.82, 2.24) is 19.7 Å². The molecule has 4 rings (SSSR count). The lowest BCUT2D eigenvalue weighted by molar-refractivity contribution is 0.0761. The second-order valence-electron chi connectivity index (χ2n) is 8.36. The maximum absolute atomic E-state index is 13.0. The SMILES string of the molecule is COc1ccc2cc(C(=O)N[C@@H]3CCCN(C4CCN(C)CC4)C3)n(C)c2c1. The van der Waals surface area contributed by atoms with E-state index < -0.39 is 0 Å². The minimum absolute atomic E-state index is 0.0212. The first-order chi connectivity index (χ1) is 13.5. The topological polar surface area (TPSA) is 49.7 Å². The predicted molar refractivity (Wildman–Crippen MR) is 112 cm³/mol. The van der Waals surface area contributed by atoms with Gasteiger partial charge in [-0.1, -0.05) is 0 Å². The Kier molecular flexibility index (Phi) is 5.60. The Morgan fingerprint density at radius 3 is 2.64 bits per heavy atom. The number of aromatic nitrogens is 1. The average Bonchev–Trinajstić information content (AvgIpc) is 3.05. The van der Waals surface area contributed by atoms with E-state index in [4.69, 9.17) is 4.74 Å². The van der Waals surface area contributed by atoms with E-state index in [0.717, 1.165) is 42.6 Å². The highest BCUT2D eigenvalue weighted by Gasteiger charge is 2.29. The molecule has 0 saturated carbocycles. The Bertz CT molecular complexity index is 838. The van der Waals surface area contributed by atoms with Gasteiger partial charge in [0.15, 0.2) is 0 Å². The minimum atomic E-state index is 0.0212.